The van der Waals surface area contributed by atoms with Gasteiger partial charge in [0.15, 0.2) is 0 Å². The summed E-state index contributed by atoms with van der Waals surface area (Å²) in [5, 5.41) is 22.5. The summed E-state index contributed by atoms with van der Waals surface area (Å²) in [6, 6.07) is 0. The van der Waals surface area contributed by atoms with Crippen LogP contribution in [0.1, 0.15) is 23.0 Å². The molecule has 0 spiro atoms. The molecule has 84 valence electrons. The summed E-state index contributed by atoms with van der Waals surface area (Å²) in [5.41, 5.74) is 0.723. The van der Waals surface area contributed by atoms with Crippen molar-refractivity contribution < 1.29 is 15.0 Å². The second-order valence-corrected chi connectivity index (χ2v) is 4.73. The molecule has 15 heavy (non-hydrogen) atoms. The zero-order valence-electron chi connectivity index (χ0n) is 8.89. The Labute approximate surface area is 92.1 Å². The van der Waals surface area contributed by atoms with Crippen molar-refractivity contribution in [3.63, 3.8) is 0 Å². The lowest BCUT2D eigenvalue weighted by molar-refractivity contribution is 0.0692. The molecule has 1 heterocycles. The standard InChI is InChI=1S/C9H14N2O3S/c1-5(4-12)15-8-7(9(13)14)6(2)10-11(8)3/h5,12H,4H2,1-3H3,(H,13,14). The first-order valence-electron chi connectivity index (χ1n) is 4.51. The Kier molecular flexibility index (Phi) is 3.76. The van der Waals surface area contributed by atoms with Crippen LogP contribution >= 0.6 is 11.8 Å². The van der Waals surface area contributed by atoms with Gasteiger partial charge in [0.1, 0.15) is 10.6 Å². The molecule has 2 N–H and O–H groups in total. The maximum atomic E-state index is 11.0. The largest absolute Gasteiger partial charge is 0.478 e. The normalized spacial score (nSPS) is 12.8. The van der Waals surface area contributed by atoms with Gasteiger partial charge in [-0.05, 0) is 6.92 Å². The molecule has 1 unspecified atom stereocenters. The van der Waals surface area contributed by atoms with Gasteiger partial charge in [0, 0.05) is 12.3 Å². The number of hydrogen-bond acceptors (Lipinski definition) is 4. The lowest BCUT2D eigenvalue weighted by atomic mass is 10.3. The minimum atomic E-state index is -0.978. The summed E-state index contributed by atoms with van der Waals surface area (Å²) < 4.78 is 1.54. The second kappa shape index (κ2) is 4.67. The van der Waals surface area contributed by atoms with Crippen LogP contribution in [-0.4, -0.2) is 37.8 Å². The highest BCUT2D eigenvalue weighted by Crippen LogP contribution is 2.28. The first-order chi connectivity index (χ1) is 6.97. The second-order valence-electron chi connectivity index (χ2n) is 3.31. The first-order valence-corrected chi connectivity index (χ1v) is 5.39. The Morgan fingerprint density at radius 1 is 1.67 bits per heavy atom. The smallest absolute Gasteiger partial charge is 0.340 e. The van der Waals surface area contributed by atoms with Crippen LogP contribution in [0.5, 0.6) is 0 Å². The summed E-state index contributed by atoms with van der Waals surface area (Å²) in [6.07, 6.45) is 0. The zero-order chi connectivity index (χ0) is 11.6. The summed E-state index contributed by atoms with van der Waals surface area (Å²) in [7, 11) is 1.70. The molecule has 1 rings (SSSR count). The quantitative estimate of drug-likeness (QED) is 0.752. The van der Waals surface area contributed by atoms with E-state index in [1.165, 1.54) is 16.4 Å². The van der Waals surface area contributed by atoms with E-state index in [4.69, 9.17) is 10.2 Å². The minimum absolute atomic E-state index is 0.00789. The van der Waals surface area contributed by atoms with E-state index in [-0.39, 0.29) is 17.4 Å². The fourth-order valence-electron chi connectivity index (χ4n) is 1.25. The molecule has 0 saturated carbocycles. The molecule has 0 radical (unpaired) electrons. The molecule has 0 bridgehead atoms. The predicted octanol–water partition coefficient (Wildman–Crippen LogP) is 0.900. The van der Waals surface area contributed by atoms with E-state index in [0.29, 0.717) is 10.7 Å². The van der Waals surface area contributed by atoms with Gasteiger partial charge in [-0.1, -0.05) is 6.92 Å². The Hall–Kier alpha value is -1.01. The van der Waals surface area contributed by atoms with Gasteiger partial charge in [0.25, 0.3) is 0 Å². The van der Waals surface area contributed by atoms with Gasteiger partial charge in [-0.2, -0.15) is 5.10 Å². The number of carbonyl (C=O) groups is 1. The molecule has 0 fully saturated rings. The number of aliphatic hydroxyl groups excluding tert-OH is 1. The highest BCUT2D eigenvalue weighted by Gasteiger charge is 2.21. The number of rotatable bonds is 4. The van der Waals surface area contributed by atoms with E-state index in [9.17, 15) is 4.79 Å². The molecule has 0 aliphatic rings. The Morgan fingerprint density at radius 2 is 2.27 bits per heavy atom. The number of aromatic nitrogens is 2. The number of aliphatic hydroxyl groups is 1. The highest BCUT2D eigenvalue weighted by molar-refractivity contribution is 8.00. The van der Waals surface area contributed by atoms with Gasteiger partial charge < -0.3 is 10.2 Å². The Balaban J connectivity index is 3.09. The van der Waals surface area contributed by atoms with Crippen molar-refractivity contribution in [2.45, 2.75) is 24.1 Å². The van der Waals surface area contributed by atoms with Crippen molar-refractivity contribution in [3.8, 4) is 0 Å². The van der Waals surface area contributed by atoms with Crippen molar-refractivity contribution in [2.75, 3.05) is 6.61 Å². The summed E-state index contributed by atoms with van der Waals surface area (Å²) in [6.45, 7) is 3.50. The third-order valence-electron chi connectivity index (χ3n) is 1.95. The molecule has 1 aromatic rings. The fraction of sp³-hybridized carbons (Fsp3) is 0.556. The average molecular weight is 230 g/mol. The van der Waals surface area contributed by atoms with Gasteiger partial charge in [-0.3, -0.25) is 4.68 Å². The average Bonchev–Trinajstić information content (AvgIpc) is 2.41. The predicted molar refractivity (Wildman–Crippen MR) is 57.3 cm³/mol. The van der Waals surface area contributed by atoms with Crippen molar-refractivity contribution in [1.82, 2.24) is 9.78 Å². The molecular formula is C9H14N2O3S. The minimum Gasteiger partial charge on any atom is -0.478 e. The van der Waals surface area contributed by atoms with E-state index in [2.05, 4.69) is 5.10 Å². The van der Waals surface area contributed by atoms with Gasteiger partial charge in [0.2, 0.25) is 0 Å². The number of thioether (sulfide) groups is 1. The third-order valence-corrected chi connectivity index (χ3v) is 3.20. The molecule has 1 aromatic heterocycles. The van der Waals surface area contributed by atoms with Crippen molar-refractivity contribution in [1.29, 1.82) is 0 Å². The van der Waals surface area contributed by atoms with Crippen LogP contribution in [0.25, 0.3) is 0 Å². The zero-order valence-corrected chi connectivity index (χ0v) is 9.71. The van der Waals surface area contributed by atoms with Crippen LogP contribution in [0.3, 0.4) is 0 Å². The first kappa shape index (κ1) is 12.1. The van der Waals surface area contributed by atoms with Crippen LogP contribution in [0, 0.1) is 6.92 Å². The molecule has 0 aliphatic heterocycles. The maximum absolute atomic E-state index is 11.0. The van der Waals surface area contributed by atoms with E-state index in [1.807, 2.05) is 6.92 Å². The van der Waals surface area contributed by atoms with Crippen molar-refractivity contribution >= 4 is 17.7 Å². The number of aromatic carboxylic acids is 1. The molecule has 0 amide bonds. The van der Waals surface area contributed by atoms with Crippen LogP contribution in [0.15, 0.2) is 5.03 Å². The SMILES string of the molecule is Cc1nn(C)c(SC(C)CO)c1C(=O)O. The molecule has 0 aromatic carbocycles. The number of hydrogen-bond donors (Lipinski definition) is 2. The fourth-order valence-corrected chi connectivity index (χ4v) is 2.25. The molecule has 6 heteroatoms. The molecule has 1 atom stereocenters. The van der Waals surface area contributed by atoms with E-state index in [0.717, 1.165) is 0 Å². The molecule has 0 aliphatic carbocycles. The van der Waals surface area contributed by atoms with Gasteiger partial charge in [0.05, 0.1) is 12.3 Å². The van der Waals surface area contributed by atoms with Crippen LogP contribution in [-0.2, 0) is 7.05 Å². The highest BCUT2D eigenvalue weighted by atomic mass is 32.2. The molecular weight excluding hydrogens is 216 g/mol. The van der Waals surface area contributed by atoms with E-state index >= 15 is 0 Å². The van der Waals surface area contributed by atoms with Crippen molar-refractivity contribution in [2.24, 2.45) is 7.05 Å². The maximum Gasteiger partial charge on any atom is 0.340 e. The Bertz CT molecular complexity index is 376. The summed E-state index contributed by atoms with van der Waals surface area (Å²) >= 11 is 1.32. The van der Waals surface area contributed by atoms with Crippen molar-refractivity contribution in [3.05, 3.63) is 11.3 Å². The van der Waals surface area contributed by atoms with Gasteiger partial charge in [-0.15, -0.1) is 11.8 Å². The van der Waals surface area contributed by atoms with E-state index in [1.54, 1.807) is 14.0 Å². The monoisotopic (exact) mass is 230 g/mol. The lowest BCUT2D eigenvalue weighted by Crippen LogP contribution is -2.07. The number of aryl methyl sites for hydroxylation is 2. The van der Waals surface area contributed by atoms with Gasteiger partial charge in [-0.25, -0.2) is 4.79 Å². The van der Waals surface area contributed by atoms with Crippen LogP contribution in [0.4, 0.5) is 0 Å². The topological polar surface area (TPSA) is 75.3 Å². The number of carboxylic acids is 1. The summed E-state index contributed by atoms with van der Waals surface area (Å²) in [5.74, 6) is -0.978. The summed E-state index contributed by atoms with van der Waals surface area (Å²) in [4.78, 5) is 11.0. The third kappa shape index (κ3) is 2.51. The number of nitrogens with zero attached hydrogens (tertiary/aromatic N) is 2. The van der Waals surface area contributed by atoms with Crippen LogP contribution < -0.4 is 0 Å². The van der Waals surface area contributed by atoms with Crippen LogP contribution in [0.2, 0.25) is 0 Å². The van der Waals surface area contributed by atoms with Gasteiger partial charge >= 0.3 is 5.97 Å². The molecule has 0 saturated heterocycles. The Morgan fingerprint density at radius 3 is 2.73 bits per heavy atom. The van der Waals surface area contributed by atoms with E-state index < -0.39 is 5.97 Å². The number of carboxylic acid groups (broad SMARTS) is 1. The molecule has 5 nitrogen and oxygen atoms in total. The lowest BCUT2D eigenvalue weighted by Gasteiger charge is -2.08.